The first-order chi connectivity index (χ1) is 6.37. The Kier molecular flexibility index (Phi) is 2.27. The minimum absolute atomic E-state index is 0.133. The monoisotopic (exact) mass is 177 g/mol. The molecule has 3 nitrogen and oxygen atoms in total. The molecule has 0 spiro atoms. The number of hydrogen-bond acceptors (Lipinski definition) is 3. The van der Waals surface area contributed by atoms with E-state index in [0.717, 1.165) is 5.69 Å². The first-order valence-electron chi connectivity index (χ1n) is 4.84. The van der Waals surface area contributed by atoms with Crippen molar-refractivity contribution in [3.8, 4) is 0 Å². The van der Waals surface area contributed by atoms with E-state index >= 15 is 0 Å². The highest BCUT2D eigenvalue weighted by Gasteiger charge is 2.35. The van der Waals surface area contributed by atoms with Crippen LogP contribution in [0.4, 0.5) is 0 Å². The maximum atomic E-state index is 5.83. The number of nitrogens with zero attached hydrogens (tertiary/aromatic N) is 2. The summed E-state index contributed by atoms with van der Waals surface area (Å²) in [5, 5.41) is 0. The van der Waals surface area contributed by atoms with Crippen molar-refractivity contribution in [1.82, 2.24) is 9.97 Å². The quantitative estimate of drug-likeness (QED) is 0.739. The van der Waals surface area contributed by atoms with Crippen molar-refractivity contribution in [2.75, 3.05) is 6.54 Å². The van der Waals surface area contributed by atoms with Crippen molar-refractivity contribution in [2.45, 2.75) is 31.1 Å². The van der Waals surface area contributed by atoms with E-state index in [4.69, 9.17) is 5.73 Å². The fourth-order valence-corrected chi connectivity index (χ4v) is 2.19. The second-order valence-electron chi connectivity index (χ2n) is 3.78. The van der Waals surface area contributed by atoms with Crippen molar-refractivity contribution in [2.24, 2.45) is 5.73 Å². The van der Waals surface area contributed by atoms with Crippen molar-refractivity contribution in [1.29, 1.82) is 0 Å². The summed E-state index contributed by atoms with van der Waals surface area (Å²) in [6, 6.07) is 0. The Morgan fingerprint density at radius 2 is 2.08 bits per heavy atom. The Labute approximate surface area is 78.4 Å². The van der Waals surface area contributed by atoms with Crippen molar-refractivity contribution in [3.63, 3.8) is 0 Å². The van der Waals surface area contributed by atoms with Gasteiger partial charge in [-0.25, -0.2) is 0 Å². The maximum Gasteiger partial charge on any atom is 0.0660 e. The Balaban J connectivity index is 2.31. The lowest BCUT2D eigenvalue weighted by molar-refractivity contribution is 0.437. The van der Waals surface area contributed by atoms with Crippen LogP contribution >= 0.6 is 0 Å². The van der Waals surface area contributed by atoms with E-state index in [-0.39, 0.29) is 5.41 Å². The van der Waals surface area contributed by atoms with Gasteiger partial charge in [-0.2, -0.15) is 0 Å². The Hall–Kier alpha value is -0.960. The van der Waals surface area contributed by atoms with E-state index < -0.39 is 0 Å². The van der Waals surface area contributed by atoms with Crippen LogP contribution in [0.1, 0.15) is 31.4 Å². The zero-order valence-corrected chi connectivity index (χ0v) is 7.74. The predicted octanol–water partition coefficient (Wildman–Crippen LogP) is 1.25. The summed E-state index contributed by atoms with van der Waals surface area (Å²) in [4.78, 5) is 8.47. The molecular weight excluding hydrogens is 162 g/mol. The average Bonchev–Trinajstić information content (AvgIpc) is 2.69. The average molecular weight is 177 g/mol. The Bertz CT molecular complexity index is 265. The molecule has 0 aromatic carbocycles. The minimum Gasteiger partial charge on any atom is -0.330 e. The van der Waals surface area contributed by atoms with Crippen LogP contribution in [0.3, 0.4) is 0 Å². The molecular formula is C10H15N3. The molecule has 70 valence electrons. The summed E-state index contributed by atoms with van der Waals surface area (Å²) in [5.74, 6) is 0. The van der Waals surface area contributed by atoms with E-state index in [0.29, 0.717) is 6.54 Å². The van der Waals surface area contributed by atoms with Crippen LogP contribution in [-0.2, 0) is 5.41 Å². The molecule has 0 amide bonds. The van der Waals surface area contributed by atoms with Gasteiger partial charge in [0.25, 0.3) is 0 Å². The van der Waals surface area contributed by atoms with Crippen LogP contribution in [0.5, 0.6) is 0 Å². The first-order valence-corrected chi connectivity index (χ1v) is 4.84. The number of nitrogens with two attached hydrogens (primary N) is 1. The van der Waals surface area contributed by atoms with Crippen molar-refractivity contribution >= 4 is 0 Å². The Morgan fingerprint density at radius 1 is 1.31 bits per heavy atom. The third-order valence-corrected chi connectivity index (χ3v) is 3.06. The van der Waals surface area contributed by atoms with Crippen LogP contribution in [0.2, 0.25) is 0 Å². The number of hydrogen-bond donors (Lipinski definition) is 1. The largest absolute Gasteiger partial charge is 0.330 e. The molecule has 1 saturated carbocycles. The molecule has 1 aliphatic carbocycles. The van der Waals surface area contributed by atoms with Gasteiger partial charge in [0.15, 0.2) is 0 Å². The molecule has 3 heteroatoms. The molecule has 0 unspecified atom stereocenters. The molecule has 0 bridgehead atoms. The zero-order valence-electron chi connectivity index (χ0n) is 7.74. The fraction of sp³-hybridized carbons (Fsp3) is 0.600. The molecule has 0 saturated heterocycles. The molecule has 1 aromatic heterocycles. The first kappa shape index (κ1) is 8.63. The number of rotatable bonds is 2. The van der Waals surface area contributed by atoms with Gasteiger partial charge in [0.05, 0.1) is 5.69 Å². The summed E-state index contributed by atoms with van der Waals surface area (Å²) in [6.07, 6.45) is 10.2. The SMILES string of the molecule is NCC1(c2cnccn2)CCCC1. The van der Waals surface area contributed by atoms with Gasteiger partial charge >= 0.3 is 0 Å². The highest BCUT2D eigenvalue weighted by atomic mass is 14.8. The lowest BCUT2D eigenvalue weighted by atomic mass is 9.83. The molecule has 0 radical (unpaired) electrons. The molecule has 1 aromatic rings. The lowest BCUT2D eigenvalue weighted by Gasteiger charge is -2.25. The van der Waals surface area contributed by atoms with Gasteiger partial charge < -0.3 is 5.73 Å². The van der Waals surface area contributed by atoms with E-state index in [1.807, 2.05) is 6.20 Å². The summed E-state index contributed by atoms with van der Waals surface area (Å²) in [5.41, 5.74) is 7.04. The smallest absolute Gasteiger partial charge is 0.0660 e. The summed E-state index contributed by atoms with van der Waals surface area (Å²) < 4.78 is 0. The van der Waals surface area contributed by atoms with Crippen LogP contribution in [0, 0.1) is 0 Å². The second kappa shape index (κ2) is 3.42. The van der Waals surface area contributed by atoms with Gasteiger partial charge in [0, 0.05) is 30.6 Å². The van der Waals surface area contributed by atoms with E-state index in [2.05, 4.69) is 9.97 Å². The molecule has 1 fully saturated rings. The van der Waals surface area contributed by atoms with Crippen LogP contribution in [-0.4, -0.2) is 16.5 Å². The van der Waals surface area contributed by atoms with E-state index in [1.165, 1.54) is 25.7 Å². The van der Waals surface area contributed by atoms with Crippen LogP contribution in [0.25, 0.3) is 0 Å². The predicted molar refractivity (Wildman–Crippen MR) is 51.2 cm³/mol. The lowest BCUT2D eigenvalue weighted by Crippen LogP contribution is -2.33. The van der Waals surface area contributed by atoms with E-state index in [1.54, 1.807) is 12.4 Å². The second-order valence-corrected chi connectivity index (χ2v) is 3.78. The molecule has 0 aliphatic heterocycles. The number of aromatic nitrogens is 2. The molecule has 1 aliphatic rings. The standard InChI is InChI=1S/C10H15N3/c11-8-10(3-1-2-4-10)9-7-12-5-6-13-9/h5-7H,1-4,8,11H2. The zero-order chi connectivity index (χ0) is 9.15. The van der Waals surface area contributed by atoms with Gasteiger partial charge in [-0.15, -0.1) is 0 Å². The van der Waals surface area contributed by atoms with Crippen LogP contribution in [0.15, 0.2) is 18.6 Å². The van der Waals surface area contributed by atoms with Gasteiger partial charge in [0.2, 0.25) is 0 Å². The van der Waals surface area contributed by atoms with Gasteiger partial charge in [-0.3, -0.25) is 9.97 Å². The molecule has 1 heterocycles. The third-order valence-electron chi connectivity index (χ3n) is 3.06. The topological polar surface area (TPSA) is 51.8 Å². The molecule has 2 rings (SSSR count). The highest BCUT2D eigenvalue weighted by molar-refractivity contribution is 5.15. The van der Waals surface area contributed by atoms with Gasteiger partial charge in [-0.05, 0) is 12.8 Å². The minimum atomic E-state index is 0.133. The fourth-order valence-electron chi connectivity index (χ4n) is 2.19. The van der Waals surface area contributed by atoms with Gasteiger partial charge in [-0.1, -0.05) is 12.8 Å². The normalized spacial score (nSPS) is 20.4. The molecule has 2 N–H and O–H groups in total. The third kappa shape index (κ3) is 1.44. The van der Waals surface area contributed by atoms with Crippen molar-refractivity contribution in [3.05, 3.63) is 24.3 Å². The molecule has 0 atom stereocenters. The van der Waals surface area contributed by atoms with Crippen LogP contribution < -0.4 is 5.73 Å². The molecule has 13 heavy (non-hydrogen) atoms. The Morgan fingerprint density at radius 3 is 2.62 bits per heavy atom. The summed E-state index contributed by atoms with van der Waals surface area (Å²) in [6.45, 7) is 0.700. The van der Waals surface area contributed by atoms with Gasteiger partial charge in [0.1, 0.15) is 0 Å². The summed E-state index contributed by atoms with van der Waals surface area (Å²) in [7, 11) is 0. The maximum absolute atomic E-state index is 5.83. The van der Waals surface area contributed by atoms with E-state index in [9.17, 15) is 0 Å². The highest BCUT2D eigenvalue weighted by Crippen LogP contribution is 2.38. The van der Waals surface area contributed by atoms with Crippen molar-refractivity contribution < 1.29 is 0 Å². The summed E-state index contributed by atoms with van der Waals surface area (Å²) >= 11 is 0.